The standard InChI is InChI=1S/C11H14O2/c1-11(2)5-6-13-10-7-8(12)3-4-9(10)11/h3-4,7,12H,5-6H2,1-2H3. The quantitative estimate of drug-likeness (QED) is 0.661. The van der Waals surface area contributed by atoms with Crippen molar-refractivity contribution in [3.63, 3.8) is 0 Å². The topological polar surface area (TPSA) is 29.5 Å². The van der Waals surface area contributed by atoms with Crippen LogP contribution in [0.1, 0.15) is 25.8 Å². The van der Waals surface area contributed by atoms with Crippen molar-refractivity contribution in [3.8, 4) is 11.5 Å². The van der Waals surface area contributed by atoms with Crippen LogP contribution in [0.25, 0.3) is 0 Å². The lowest BCUT2D eigenvalue weighted by atomic mass is 9.80. The van der Waals surface area contributed by atoms with Gasteiger partial charge in [-0.2, -0.15) is 0 Å². The highest BCUT2D eigenvalue weighted by atomic mass is 16.5. The molecule has 0 amide bonds. The zero-order valence-electron chi connectivity index (χ0n) is 8.00. The molecule has 13 heavy (non-hydrogen) atoms. The van der Waals surface area contributed by atoms with Gasteiger partial charge < -0.3 is 9.84 Å². The Balaban J connectivity index is 2.53. The van der Waals surface area contributed by atoms with Crippen LogP contribution in [0.15, 0.2) is 18.2 Å². The molecule has 2 nitrogen and oxygen atoms in total. The fourth-order valence-electron chi connectivity index (χ4n) is 1.74. The number of fused-ring (bicyclic) bond motifs is 1. The van der Waals surface area contributed by atoms with Crippen molar-refractivity contribution in [2.24, 2.45) is 0 Å². The summed E-state index contributed by atoms with van der Waals surface area (Å²) >= 11 is 0. The van der Waals surface area contributed by atoms with Crippen LogP contribution in [0, 0.1) is 0 Å². The molecule has 1 aromatic carbocycles. The van der Waals surface area contributed by atoms with Crippen LogP contribution < -0.4 is 4.74 Å². The van der Waals surface area contributed by atoms with Gasteiger partial charge in [-0.1, -0.05) is 19.9 Å². The molecule has 70 valence electrons. The molecular weight excluding hydrogens is 164 g/mol. The van der Waals surface area contributed by atoms with Crippen LogP contribution in [0.2, 0.25) is 0 Å². The van der Waals surface area contributed by atoms with Crippen LogP contribution >= 0.6 is 0 Å². The van der Waals surface area contributed by atoms with E-state index in [0.29, 0.717) is 0 Å². The van der Waals surface area contributed by atoms with Crippen molar-refractivity contribution < 1.29 is 9.84 Å². The Labute approximate surface area is 78.2 Å². The molecule has 2 rings (SSSR count). The van der Waals surface area contributed by atoms with E-state index in [4.69, 9.17) is 4.74 Å². The van der Waals surface area contributed by atoms with E-state index in [1.807, 2.05) is 6.07 Å². The Hall–Kier alpha value is -1.18. The molecule has 1 aliphatic rings. The van der Waals surface area contributed by atoms with Crippen molar-refractivity contribution in [1.82, 2.24) is 0 Å². The van der Waals surface area contributed by atoms with E-state index < -0.39 is 0 Å². The Morgan fingerprint density at radius 3 is 2.92 bits per heavy atom. The van der Waals surface area contributed by atoms with E-state index in [1.54, 1.807) is 12.1 Å². The Kier molecular flexibility index (Phi) is 1.72. The number of hydrogen-bond acceptors (Lipinski definition) is 2. The second kappa shape index (κ2) is 2.66. The molecule has 0 aromatic heterocycles. The van der Waals surface area contributed by atoms with E-state index in [0.717, 1.165) is 18.8 Å². The highest BCUT2D eigenvalue weighted by Gasteiger charge is 2.28. The van der Waals surface area contributed by atoms with E-state index >= 15 is 0 Å². The monoisotopic (exact) mass is 178 g/mol. The summed E-state index contributed by atoms with van der Waals surface area (Å²) in [6, 6.07) is 5.36. The second-order valence-corrected chi connectivity index (χ2v) is 4.16. The van der Waals surface area contributed by atoms with Gasteiger partial charge in [0.05, 0.1) is 6.61 Å². The van der Waals surface area contributed by atoms with E-state index in [9.17, 15) is 5.11 Å². The minimum Gasteiger partial charge on any atom is -0.508 e. The first kappa shape index (κ1) is 8.42. The third-order valence-corrected chi connectivity index (χ3v) is 2.68. The SMILES string of the molecule is CC1(C)CCOc2cc(O)ccc21. The van der Waals surface area contributed by atoms with Crippen molar-refractivity contribution >= 4 is 0 Å². The van der Waals surface area contributed by atoms with Crippen molar-refractivity contribution in [2.75, 3.05) is 6.61 Å². The third kappa shape index (κ3) is 1.37. The van der Waals surface area contributed by atoms with Gasteiger partial charge in [-0.25, -0.2) is 0 Å². The summed E-state index contributed by atoms with van der Waals surface area (Å²) in [6.07, 6.45) is 1.03. The number of rotatable bonds is 0. The van der Waals surface area contributed by atoms with Crippen molar-refractivity contribution in [3.05, 3.63) is 23.8 Å². The number of aromatic hydroxyl groups is 1. The molecule has 2 heteroatoms. The van der Waals surface area contributed by atoms with Crippen LogP contribution in [0.5, 0.6) is 11.5 Å². The molecule has 0 saturated heterocycles. The fraction of sp³-hybridized carbons (Fsp3) is 0.455. The van der Waals surface area contributed by atoms with Gasteiger partial charge in [0.2, 0.25) is 0 Å². The molecule has 0 fully saturated rings. The normalized spacial score (nSPS) is 18.9. The maximum Gasteiger partial charge on any atom is 0.126 e. The number of ether oxygens (including phenoxy) is 1. The highest BCUT2D eigenvalue weighted by molar-refractivity contribution is 5.45. The molecule has 1 aromatic rings. The average molecular weight is 178 g/mol. The molecule has 0 aliphatic carbocycles. The highest BCUT2D eigenvalue weighted by Crippen LogP contribution is 2.39. The summed E-state index contributed by atoms with van der Waals surface area (Å²) in [6.45, 7) is 5.14. The minimum atomic E-state index is 0.168. The first-order valence-corrected chi connectivity index (χ1v) is 4.56. The van der Waals surface area contributed by atoms with Gasteiger partial charge in [-0.3, -0.25) is 0 Å². The Morgan fingerprint density at radius 1 is 1.38 bits per heavy atom. The van der Waals surface area contributed by atoms with Crippen LogP contribution in [0.4, 0.5) is 0 Å². The molecule has 1 aliphatic heterocycles. The lowest BCUT2D eigenvalue weighted by Crippen LogP contribution is -2.26. The van der Waals surface area contributed by atoms with Gasteiger partial charge in [0.1, 0.15) is 11.5 Å². The van der Waals surface area contributed by atoms with Gasteiger partial charge in [0.15, 0.2) is 0 Å². The average Bonchev–Trinajstić information content (AvgIpc) is 2.02. The molecule has 1 heterocycles. The Bertz CT molecular complexity index is 329. The maximum absolute atomic E-state index is 9.28. The van der Waals surface area contributed by atoms with E-state index in [1.165, 1.54) is 5.56 Å². The molecular formula is C11H14O2. The summed E-state index contributed by atoms with van der Waals surface area (Å²) in [5.41, 5.74) is 1.36. The summed E-state index contributed by atoms with van der Waals surface area (Å²) in [5.74, 6) is 1.10. The van der Waals surface area contributed by atoms with Gasteiger partial charge in [-0.15, -0.1) is 0 Å². The van der Waals surface area contributed by atoms with Crippen LogP contribution in [-0.4, -0.2) is 11.7 Å². The summed E-state index contributed by atoms with van der Waals surface area (Å²) in [4.78, 5) is 0. The third-order valence-electron chi connectivity index (χ3n) is 2.68. The molecule has 0 spiro atoms. The summed E-state index contributed by atoms with van der Waals surface area (Å²) in [7, 11) is 0. The van der Waals surface area contributed by atoms with Crippen LogP contribution in [-0.2, 0) is 5.41 Å². The minimum absolute atomic E-state index is 0.168. The first-order valence-electron chi connectivity index (χ1n) is 4.56. The molecule has 0 unspecified atom stereocenters. The van der Waals surface area contributed by atoms with Crippen LogP contribution in [0.3, 0.4) is 0 Å². The number of benzene rings is 1. The number of phenolic OH excluding ortho intramolecular Hbond substituents is 1. The smallest absolute Gasteiger partial charge is 0.126 e. The van der Waals surface area contributed by atoms with Crippen molar-refractivity contribution in [1.29, 1.82) is 0 Å². The van der Waals surface area contributed by atoms with E-state index in [2.05, 4.69) is 13.8 Å². The predicted octanol–water partition coefficient (Wildman–Crippen LogP) is 2.45. The maximum atomic E-state index is 9.28. The zero-order valence-corrected chi connectivity index (χ0v) is 8.00. The lowest BCUT2D eigenvalue weighted by molar-refractivity contribution is 0.233. The predicted molar refractivity (Wildman–Crippen MR) is 51.2 cm³/mol. The lowest BCUT2D eigenvalue weighted by Gasteiger charge is -2.32. The molecule has 0 atom stereocenters. The van der Waals surface area contributed by atoms with Crippen molar-refractivity contribution in [2.45, 2.75) is 25.7 Å². The largest absolute Gasteiger partial charge is 0.508 e. The molecule has 1 N–H and O–H groups in total. The number of hydrogen-bond donors (Lipinski definition) is 1. The summed E-state index contributed by atoms with van der Waals surface area (Å²) in [5, 5.41) is 9.28. The number of phenols is 1. The fourth-order valence-corrected chi connectivity index (χ4v) is 1.74. The zero-order chi connectivity index (χ0) is 9.47. The van der Waals surface area contributed by atoms with E-state index in [-0.39, 0.29) is 11.2 Å². The molecule has 0 radical (unpaired) electrons. The van der Waals surface area contributed by atoms with Gasteiger partial charge >= 0.3 is 0 Å². The first-order chi connectivity index (χ1) is 6.09. The second-order valence-electron chi connectivity index (χ2n) is 4.16. The van der Waals surface area contributed by atoms with Gasteiger partial charge in [0, 0.05) is 11.6 Å². The van der Waals surface area contributed by atoms with Gasteiger partial charge in [0.25, 0.3) is 0 Å². The Morgan fingerprint density at radius 2 is 2.15 bits per heavy atom. The molecule has 0 saturated carbocycles. The van der Waals surface area contributed by atoms with Gasteiger partial charge in [-0.05, 0) is 17.9 Å². The molecule has 0 bridgehead atoms. The summed E-state index contributed by atoms with van der Waals surface area (Å²) < 4.78 is 5.48.